The topological polar surface area (TPSA) is 55.1 Å². The van der Waals surface area contributed by atoms with E-state index in [0.717, 1.165) is 23.0 Å². The third-order valence-electron chi connectivity index (χ3n) is 3.05. The first-order chi connectivity index (χ1) is 9.73. The first kappa shape index (κ1) is 15.6. The molecule has 8 heteroatoms. The van der Waals surface area contributed by atoms with Crippen LogP contribution in [-0.2, 0) is 6.42 Å². The Balaban J connectivity index is 2.50. The average Bonchev–Trinajstić information content (AvgIpc) is 3.13. The van der Waals surface area contributed by atoms with E-state index in [0.29, 0.717) is 0 Å². The van der Waals surface area contributed by atoms with E-state index in [1.54, 1.807) is 0 Å². The van der Waals surface area contributed by atoms with E-state index in [4.69, 9.17) is 16.7 Å². The fourth-order valence-electron chi connectivity index (χ4n) is 1.92. The van der Waals surface area contributed by atoms with Gasteiger partial charge in [-0.2, -0.15) is 13.2 Å². The van der Waals surface area contributed by atoms with E-state index in [2.05, 4.69) is 11.6 Å². The van der Waals surface area contributed by atoms with Crippen LogP contribution in [0.1, 0.15) is 29.2 Å². The number of aromatic nitrogens is 2. The van der Waals surface area contributed by atoms with Crippen LogP contribution in [-0.4, -0.2) is 26.8 Å². The summed E-state index contributed by atoms with van der Waals surface area (Å²) in [5.74, 6) is -1.69. The maximum Gasteiger partial charge on any atom is 0.396 e. The minimum atomic E-state index is -4.51. The van der Waals surface area contributed by atoms with E-state index in [1.807, 2.05) is 0 Å². The van der Waals surface area contributed by atoms with E-state index in [1.165, 1.54) is 12.3 Å². The molecular formula is C13H12ClF3N2O2. The average molecular weight is 321 g/mol. The number of rotatable bonds is 5. The molecule has 0 aliphatic heterocycles. The van der Waals surface area contributed by atoms with Crippen molar-refractivity contribution in [3.63, 3.8) is 0 Å². The predicted octanol–water partition coefficient (Wildman–Crippen LogP) is 3.78. The highest BCUT2D eigenvalue weighted by molar-refractivity contribution is 6.32. The Kier molecular flexibility index (Phi) is 4.13. The maximum absolute atomic E-state index is 12.6. The van der Waals surface area contributed by atoms with Gasteiger partial charge in [-0.25, -0.2) is 9.78 Å². The number of alkyl halides is 3. The molecular weight excluding hydrogens is 309 g/mol. The summed E-state index contributed by atoms with van der Waals surface area (Å²) < 4.78 is 38.7. The van der Waals surface area contributed by atoms with Crippen molar-refractivity contribution in [3.05, 3.63) is 34.9 Å². The molecule has 2 rings (SSSR count). The van der Waals surface area contributed by atoms with Gasteiger partial charge in [-0.1, -0.05) is 24.3 Å². The molecule has 0 aromatic carbocycles. The second-order valence-electron chi connectivity index (χ2n) is 4.74. The second kappa shape index (κ2) is 5.55. The van der Waals surface area contributed by atoms with E-state index >= 15 is 0 Å². The van der Waals surface area contributed by atoms with E-state index < -0.39 is 30.1 Å². The van der Waals surface area contributed by atoms with Crippen LogP contribution in [0.5, 0.6) is 0 Å². The van der Waals surface area contributed by atoms with Gasteiger partial charge in [0.15, 0.2) is 5.69 Å². The predicted molar refractivity (Wildman–Crippen MR) is 71.1 cm³/mol. The van der Waals surface area contributed by atoms with Crippen molar-refractivity contribution in [2.45, 2.75) is 25.4 Å². The summed E-state index contributed by atoms with van der Waals surface area (Å²) in [5.41, 5.74) is 0.126. The zero-order valence-electron chi connectivity index (χ0n) is 10.8. The summed E-state index contributed by atoms with van der Waals surface area (Å²) in [7, 11) is 0. The lowest BCUT2D eigenvalue weighted by Crippen LogP contribution is -2.15. The number of imidazole rings is 1. The van der Waals surface area contributed by atoms with Crippen LogP contribution in [0.4, 0.5) is 13.2 Å². The largest absolute Gasteiger partial charge is 0.476 e. The second-order valence-corrected chi connectivity index (χ2v) is 5.10. The minimum Gasteiger partial charge on any atom is -0.476 e. The zero-order chi connectivity index (χ0) is 15.8. The molecule has 1 N–H and O–H groups in total. The monoisotopic (exact) mass is 320 g/mol. The first-order valence-corrected chi connectivity index (χ1v) is 6.51. The van der Waals surface area contributed by atoms with Gasteiger partial charge >= 0.3 is 12.1 Å². The number of allylic oxidation sites excluding steroid dienone is 2. The van der Waals surface area contributed by atoms with Gasteiger partial charge < -0.3 is 5.11 Å². The molecule has 1 aromatic rings. The van der Waals surface area contributed by atoms with Gasteiger partial charge in [0.1, 0.15) is 17.4 Å². The Labute approximate surface area is 123 Å². The molecule has 0 spiro atoms. The molecule has 0 bridgehead atoms. The lowest BCUT2D eigenvalue weighted by Gasteiger charge is -2.08. The molecule has 114 valence electrons. The first-order valence-electron chi connectivity index (χ1n) is 6.13. The third-order valence-corrected chi connectivity index (χ3v) is 3.41. The van der Waals surface area contributed by atoms with E-state index in [-0.39, 0.29) is 11.1 Å². The van der Waals surface area contributed by atoms with Gasteiger partial charge in [0, 0.05) is 6.20 Å². The molecule has 4 nitrogen and oxygen atoms in total. The molecule has 0 radical (unpaired) electrons. The van der Waals surface area contributed by atoms with Crippen LogP contribution in [0.2, 0.25) is 5.15 Å². The Morgan fingerprint density at radius 2 is 2.14 bits per heavy atom. The summed E-state index contributed by atoms with van der Waals surface area (Å²) in [6.45, 7) is 3.61. The van der Waals surface area contributed by atoms with Crippen molar-refractivity contribution < 1.29 is 23.1 Å². The molecule has 0 unspecified atom stereocenters. The lowest BCUT2D eigenvalue weighted by atomic mass is 10.2. The number of carboxylic acid groups (broad SMARTS) is 1. The molecule has 0 atom stereocenters. The maximum atomic E-state index is 12.6. The number of hydrogen-bond acceptors (Lipinski definition) is 2. The highest BCUT2D eigenvalue weighted by atomic mass is 35.5. The van der Waals surface area contributed by atoms with E-state index in [9.17, 15) is 18.0 Å². The van der Waals surface area contributed by atoms with Gasteiger partial charge in [-0.05, 0) is 24.3 Å². The van der Waals surface area contributed by atoms with Crippen LogP contribution >= 0.6 is 11.6 Å². The molecule has 1 aromatic heterocycles. The summed E-state index contributed by atoms with van der Waals surface area (Å²) in [6.07, 6.45) is -1.11. The van der Waals surface area contributed by atoms with Crippen LogP contribution in [0.15, 0.2) is 18.2 Å². The standard InChI is InChI=1S/C13H12ClF3N2O2/c1-2-7(8-3-4-8)6-19-9(5-13(15,16)17)18-10(11(19)14)12(20)21/h2,6,8H,1,3-5H2,(H,20,21)/b7-6+. The van der Waals surface area contributed by atoms with Crippen molar-refractivity contribution >= 4 is 23.8 Å². The normalized spacial score (nSPS) is 16.1. The Bertz CT molecular complexity index is 616. The highest BCUT2D eigenvalue weighted by Crippen LogP contribution is 2.38. The summed E-state index contributed by atoms with van der Waals surface area (Å²) in [5, 5.41) is 8.59. The van der Waals surface area contributed by atoms with Gasteiger partial charge in [0.05, 0.1) is 0 Å². The SMILES string of the molecule is C=C/C(=C\n1c(CC(F)(F)F)nc(C(=O)O)c1Cl)C1CC1. The van der Waals surface area contributed by atoms with Crippen molar-refractivity contribution in [1.29, 1.82) is 0 Å². The Morgan fingerprint density at radius 1 is 1.52 bits per heavy atom. The van der Waals surface area contributed by atoms with Gasteiger partial charge in [-0.3, -0.25) is 4.57 Å². The van der Waals surface area contributed by atoms with Crippen LogP contribution in [0.25, 0.3) is 6.20 Å². The quantitative estimate of drug-likeness (QED) is 0.840. The summed E-state index contributed by atoms with van der Waals surface area (Å²) >= 11 is 5.85. The van der Waals surface area contributed by atoms with Gasteiger partial charge in [0.25, 0.3) is 0 Å². The number of carbonyl (C=O) groups is 1. The fourth-order valence-corrected chi connectivity index (χ4v) is 2.19. The van der Waals surface area contributed by atoms with Gasteiger partial charge in [0.2, 0.25) is 0 Å². The number of aromatic carboxylic acids is 1. The summed E-state index contributed by atoms with van der Waals surface area (Å²) in [6, 6.07) is 0. The molecule has 1 heterocycles. The number of carboxylic acids is 1. The smallest absolute Gasteiger partial charge is 0.396 e. The Hall–Kier alpha value is -1.76. The molecule has 1 fully saturated rings. The van der Waals surface area contributed by atoms with Crippen molar-refractivity contribution in [3.8, 4) is 0 Å². The van der Waals surface area contributed by atoms with Crippen LogP contribution in [0.3, 0.4) is 0 Å². The molecule has 0 saturated heterocycles. The molecule has 1 aliphatic rings. The number of hydrogen-bond donors (Lipinski definition) is 1. The molecule has 21 heavy (non-hydrogen) atoms. The number of halogens is 4. The van der Waals surface area contributed by atoms with Crippen molar-refractivity contribution in [2.75, 3.05) is 0 Å². The van der Waals surface area contributed by atoms with Crippen molar-refractivity contribution in [2.24, 2.45) is 5.92 Å². The molecule has 1 saturated carbocycles. The third kappa shape index (κ3) is 3.66. The van der Waals surface area contributed by atoms with Gasteiger partial charge in [-0.15, -0.1) is 0 Å². The highest BCUT2D eigenvalue weighted by Gasteiger charge is 2.33. The Morgan fingerprint density at radius 3 is 2.57 bits per heavy atom. The fraction of sp³-hybridized carbons (Fsp3) is 0.385. The lowest BCUT2D eigenvalue weighted by molar-refractivity contribution is -0.128. The molecule has 0 amide bonds. The summed E-state index contributed by atoms with van der Waals surface area (Å²) in [4.78, 5) is 14.5. The van der Waals surface area contributed by atoms with Crippen LogP contribution in [0, 0.1) is 5.92 Å². The number of nitrogens with zero attached hydrogens (tertiary/aromatic N) is 2. The van der Waals surface area contributed by atoms with Crippen molar-refractivity contribution in [1.82, 2.24) is 9.55 Å². The zero-order valence-corrected chi connectivity index (χ0v) is 11.6. The minimum absolute atomic E-state index is 0.230. The van der Waals surface area contributed by atoms with Crippen LogP contribution < -0.4 is 0 Å². The molecule has 1 aliphatic carbocycles.